The maximum atomic E-state index is 13.1. The van der Waals surface area contributed by atoms with E-state index in [1.54, 1.807) is 0 Å². The summed E-state index contributed by atoms with van der Waals surface area (Å²) >= 11 is 0. The van der Waals surface area contributed by atoms with Crippen LogP contribution in [0.3, 0.4) is 0 Å². The molecule has 0 aromatic rings. The largest absolute Gasteiger partial charge is 0.481 e. The van der Waals surface area contributed by atoms with E-state index in [9.17, 15) is 45.3 Å². The van der Waals surface area contributed by atoms with Crippen LogP contribution in [0.2, 0.25) is 0 Å². The van der Waals surface area contributed by atoms with Gasteiger partial charge in [0.05, 0.1) is 18.1 Å². The van der Waals surface area contributed by atoms with Crippen LogP contribution in [0.15, 0.2) is 11.6 Å². The quantitative estimate of drug-likeness (QED) is 0.153. The number of carbonyl (C=O) groups is 2. The summed E-state index contributed by atoms with van der Waals surface area (Å²) in [6, 6.07) is 0. The van der Waals surface area contributed by atoms with Crippen molar-refractivity contribution in [3.8, 4) is 0 Å². The highest BCUT2D eigenvalue weighted by atomic mass is 16.8. The molecule has 0 bridgehead atoms. The van der Waals surface area contributed by atoms with Crippen molar-refractivity contribution in [1.29, 1.82) is 0 Å². The summed E-state index contributed by atoms with van der Waals surface area (Å²) in [6.45, 7) is 15.9. The van der Waals surface area contributed by atoms with Crippen LogP contribution in [-0.2, 0) is 28.5 Å². The molecule has 0 aromatic heterocycles. The van der Waals surface area contributed by atoms with E-state index >= 15 is 0 Å². The zero-order valence-corrected chi connectivity index (χ0v) is 32.9. The summed E-state index contributed by atoms with van der Waals surface area (Å²) in [5.74, 6) is -0.793. The standard InChI is InChI=1S/C41H64O13/c1-19-10-15-41(36(49)50)17-16-39(6)21(26(41)20(19)2)8-9-24-38(5)13-12-25(37(3,4)23(38)11-14-40(24,39)7)52-35-32(29(45)28(44)31(53-35)33(47)48)54-34-30(46)27(43)22(42)18-51-34/h8,19-20,22-32,34-35,42-46H,9-18H2,1-7H3,(H,47,48)(H,49,50)/t19-,20-,22-,23-,24-,25+,26+,27-,28+,29+,30-,31-,32+,34+,35-,38-,39-,40+,41-/m0/s1. The van der Waals surface area contributed by atoms with E-state index in [0.717, 1.165) is 44.9 Å². The van der Waals surface area contributed by atoms with Gasteiger partial charge in [0, 0.05) is 0 Å². The Hall–Kier alpha value is -1.68. The van der Waals surface area contributed by atoms with Gasteiger partial charge < -0.3 is 54.7 Å². The van der Waals surface area contributed by atoms with Crippen LogP contribution in [0, 0.1) is 56.7 Å². The number of hydrogen-bond acceptors (Lipinski definition) is 11. The number of allylic oxidation sites excluding steroid dienone is 2. The van der Waals surface area contributed by atoms with Crippen LogP contribution in [-0.4, -0.2) is 116 Å². The number of carboxylic acids is 2. The van der Waals surface area contributed by atoms with Crippen molar-refractivity contribution in [3.05, 3.63) is 11.6 Å². The van der Waals surface area contributed by atoms with Crippen LogP contribution in [0.5, 0.6) is 0 Å². The first kappa shape index (κ1) is 40.5. The molecule has 6 fully saturated rings. The van der Waals surface area contributed by atoms with E-state index < -0.39 is 84.2 Å². The maximum absolute atomic E-state index is 13.1. The first-order chi connectivity index (χ1) is 25.2. The molecule has 5 aliphatic carbocycles. The summed E-state index contributed by atoms with van der Waals surface area (Å²) < 4.78 is 23.8. The van der Waals surface area contributed by atoms with Gasteiger partial charge in [-0.2, -0.15) is 0 Å². The van der Waals surface area contributed by atoms with Gasteiger partial charge in [0.1, 0.15) is 36.6 Å². The number of aliphatic hydroxyl groups is 5. The number of fused-ring (bicyclic) bond motifs is 7. The smallest absolute Gasteiger partial charge is 0.335 e. The third kappa shape index (κ3) is 5.72. The molecule has 2 saturated heterocycles. The molecule has 7 rings (SSSR count). The molecular formula is C41H64O13. The lowest BCUT2D eigenvalue weighted by Gasteiger charge is -2.71. The highest BCUT2D eigenvalue weighted by molar-refractivity contribution is 5.77. The van der Waals surface area contributed by atoms with Crippen molar-refractivity contribution in [3.63, 3.8) is 0 Å². The van der Waals surface area contributed by atoms with Crippen molar-refractivity contribution in [2.24, 2.45) is 56.7 Å². The summed E-state index contributed by atoms with van der Waals surface area (Å²) in [6.07, 6.45) is -5.16. The maximum Gasteiger partial charge on any atom is 0.335 e. The molecule has 0 aromatic carbocycles. The van der Waals surface area contributed by atoms with Crippen molar-refractivity contribution in [1.82, 2.24) is 0 Å². The molecule has 13 heteroatoms. The minimum absolute atomic E-state index is 0.0315. The molecule has 0 amide bonds. The number of aliphatic hydroxyl groups excluding tert-OH is 5. The lowest BCUT2D eigenvalue weighted by Crippen LogP contribution is -2.67. The van der Waals surface area contributed by atoms with Gasteiger partial charge in [0.25, 0.3) is 0 Å². The van der Waals surface area contributed by atoms with Crippen LogP contribution in [0.25, 0.3) is 0 Å². The normalized spacial score (nSPS) is 54.2. The van der Waals surface area contributed by atoms with Crippen LogP contribution in [0.1, 0.15) is 106 Å². The molecule has 0 radical (unpaired) electrons. The molecule has 19 atom stereocenters. The Morgan fingerprint density at radius 2 is 1.48 bits per heavy atom. The minimum atomic E-state index is -1.88. The topological polar surface area (TPSA) is 213 Å². The van der Waals surface area contributed by atoms with E-state index in [0.29, 0.717) is 30.6 Å². The highest BCUT2D eigenvalue weighted by Crippen LogP contribution is 2.76. The van der Waals surface area contributed by atoms with Crippen LogP contribution in [0.4, 0.5) is 0 Å². The summed E-state index contributed by atoms with van der Waals surface area (Å²) in [4.78, 5) is 25.2. The van der Waals surface area contributed by atoms with E-state index in [-0.39, 0.29) is 34.7 Å². The third-order valence-electron chi connectivity index (χ3n) is 17.2. The monoisotopic (exact) mass is 764 g/mol. The molecule has 306 valence electrons. The Morgan fingerprint density at radius 1 is 0.778 bits per heavy atom. The predicted molar refractivity (Wildman–Crippen MR) is 192 cm³/mol. The fourth-order valence-corrected chi connectivity index (χ4v) is 13.6. The number of rotatable bonds is 6. The molecule has 0 spiro atoms. The van der Waals surface area contributed by atoms with Gasteiger partial charge >= 0.3 is 11.9 Å². The fourth-order valence-electron chi connectivity index (χ4n) is 13.6. The predicted octanol–water partition coefficient (Wildman–Crippen LogP) is 3.47. The Morgan fingerprint density at radius 3 is 2.15 bits per heavy atom. The molecule has 54 heavy (non-hydrogen) atoms. The first-order valence-electron chi connectivity index (χ1n) is 20.3. The molecule has 2 aliphatic heterocycles. The minimum Gasteiger partial charge on any atom is -0.481 e. The zero-order chi connectivity index (χ0) is 39.5. The van der Waals surface area contributed by atoms with E-state index in [1.807, 2.05) is 0 Å². The Bertz CT molecular complexity index is 1500. The summed E-state index contributed by atoms with van der Waals surface area (Å²) in [5.41, 5.74) is -0.0328. The van der Waals surface area contributed by atoms with Crippen LogP contribution < -0.4 is 0 Å². The van der Waals surface area contributed by atoms with Crippen LogP contribution >= 0.6 is 0 Å². The Balaban J connectivity index is 1.16. The molecule has 7 aliphatic rings. The van der Waals surface area contributed by atoms with Gasteiger partial charge in [-0.15, -0.1) is 0 Å². The van der Waals surface area contributed by atoms with Crippen molar-refractivity contribution in [2.75, 3.05) is 6.61 Å². The molecule has 7 N–H and O–H groups in total. The van der Waals surface area contributed by atoms with Gasteiger partial charge in [0.15, 0.2) is 18.7 Å². The van der Waals surface area contributed by atoms with Crippen molar-refractivity contribution in [2.45, 2.75) is 168 Å². The van der Waals surface area contributed by atoms with Gasteiger partial charge in [-0.3, -0.25) is 4.79 Å². The van der Waals surface area contributed by atoms with E-state index in [4.69, 9.17) is 18.9 Å². The number of ether oxygens (including phenoxy) is 4. The Kier molecular flexibility index (Phi) is 10.3. The molecule has 0 unspecified atom stereocenters. The molecule has 4 saturated carbocycles. The third-order valence-corrected chi connectivity index (χ3v) is 17.2. The fraction of sp³-hybridized carbons (Fsp3) is 0.902. The van der Waals surface area contributed by atoms with Crippen molar-refractivity contribution >= 4 is 11.9 Å². The molecule has 13 nitrogen and oxygen atoms in total. The summed E-state index contributed by atoms with van der Waals surface area (Å²) in [7, 11) is 0. The second-order valence-corrected chi connectivity index (χ2v) is 19.7. The highest BCUT2D eigenvalue weighted by Gasteiger charge is 2.70. The number of hydrogen-bond donors (Lipinski definition) is 7. The van der Waals surface area contributed by atoms with Crippen molar-refractivity contribution < 1.29 is 64.3 Å². The average Bonchev–Trinajstić information content (AvgIpc) is 3.10. The van der Waals surface area contributed by atoms with E-state index in [1.165, 1.54) is 5.57 Å². The van der Waals surface area contributed by atoms with Gasteiger partial charge in [-0.1, -0.05) is 60.1 Å². The summed E-state index contributed by atoms with van der Waals surface area (Å²) in [5, 5.41) is 73.3. The molecular weight excluding hydrogens is 700 g/mol. The number of carboxylic acid groups (broad SMARTS) is 2. The Labute approximate surface area is 318 Å². The zero-order valence-electron chi connectivity index (χ0n) is 32.9. The number of aliphatic carboxylic acids is 2. The lowest BCUT2D eigenvalue weighted by atomic mass is 9.33. The average molecular weight is 765 g/mol. The molecule has 2 heterocycles. The second-order valence-electron chi connectivity index (χ2n) is 19.7. The second kappa shape index (κ2) is 13.7. The SMILES string of the molecule is C[C@H]1[C@@H](C)CC[C@]2(C(=O)O)CC[C@@]3(C)C(=CC[C@H]4[C@@]5(C)CC[C@@H](O[C@H]6O[C@H](C(=O)O)[C@H](O)[C@@H](O)[C@H]6O[C@H]6OC[C@H](O)[C@H](O)[C@@H]6O)C(C)(C)[C@@H]5CC[C@]43C)[C@@H]12. The first-order valence-corrected chi connectivity index (χ1v) is 20.3. The van der Waals surface area contributed by atoms with Gasteiger partial charge in [-0.05, 0) is 109 Å². The lowest BCUT2D eigenvalue weighted by molar-refractivity contribution is -0.366. The van der Waals surface area contributed by atoms with Gasteiger partial charge in [0.2, 0.25) is 0 Å². The van der Waals surface area contributed by atoms with E-state index in [2.05, 4.69) is 54.5 Å². The van der Waals surface area contributed by atoms with Gasteiger partial charge in [-0.25, -0.2) is 4.79 Å².